The predicted molar refractivity (Wildman–Crippen MR) is 141 cm³/mol. The minimum atomic E-state index is -0.510. The van der Waals surface area contributed by atoms with Crippen molar-refractivity contribution in [1.29, 1.82) is 0 Å². The van der Waals surface area contributed by atoms with Gasteiger partial charge in [-0.2, -0.15) is 11.3 Å². The molecule has 5 nitrogen and oxygen atoms in total. The summed E-state index contributed by atoms with van der Waals surface area (Å²) in [5.41, 5.74) is 2.42. The van der Waals surface area contributed by atoms with Gasteiger partial charge in [-0.05, 0) is 83.1 Å². The number of carbonyl (C=O) groups is 3. The van der Waals surface area contributed by atoms with E-state index in [1.807, 2.05) is 16.8 Å². The molecule has 1 heterocycles. The average molecular weight is 497 g/mol. The molecule has 36 heavy (non-hydrogen) atoms. The highest BCUT2D eigenvalue weighted by Crippen LogP contribution is 2.16. The van der Waals surface area contributed by atoms with Gasteiger partial charge in [-0.3, -0.25) is 14.4 Å². The van der Waals surface area contributed by atoms with Crippen LogP contribution in [0.1, 0.15) is 31.8 Å². The van der Waals surface area contributed by atoms with E-state index in [-0.39, 0.29) is 11.5 Å². The highest BCUT2D eigenvalue weighted by molar-refractivity contribution is 7.08. The summed E-state index contributed by atoms with van der Waals surface area (Å²) in [6, 6.07) is 22.9. The number of nitrogens with one attached hydrogen (secondary N) is 2. The van der Waals surface area contributed by atoms with Gasteiger partial charge in [0.25, 0.3) is 11.8 Å². The molecule has 7 heteroatoms. The van der Waals surface area contributed by atoms with E-state index in [0.717, 1.165) is 5.56 Å². The molecule has 0 aliphatic carbocycles. The topological polar surface area (TPSA) is 75.3 Å². The molecule has 0 fully saturated rings. The lowest BCUT2D eigenvalue weighted by Gasteiger charge is -2.11. The van der Waals surface area contributed by atoms with E-state index in [9.17, 15) is 18.8 Å². The quantitative estimate of drug-likeness (QED) is 0.226. The molecule has 0 bridgehead atoms. The number of hydrogen-bond acceptors (Lipinski definition) is 4. The van der Waals surface area contributed by atoms with Crippen molar-refractivity contribution in [3.8, 4) is 0 Å². The lowest BCUT2D eigenvalue weighted by Crippen LogP contribution is -2.30. The van der Waals surface area contributed by atoms with Crippen LogP contribution in [0.3, 0.4) is 0 Å². The van der Waals surface area contributed by atoms with Crippen molar-refractivity contribution in [2.75, 3.05) is 5.32 Å². The monoisotopic (exact) mass is 496 g/mol. The van der Waals surface area contributed by atoms with Gasteiger partial charge < -0.3 is 10.6 Å². The smallest absolute Gasteiger partial charge is 0.272 e. The van der Waals surface area contributed by atoms with Gasteiger partial charge in [0.1, 0.15) is 11.5 Å². The summed E-state index contributed by atoms with van der Waals surface area (Å²) in [5.74, 6) is -1.63. The predicted octanol–water partition coefficient (Wildman–Crippen LogP) is 6.19. The standard InChI is InChI=1S/C29H21FN2O3S/c30-25-9-5-4-6-21(25)12-15-27(33)22-10-13-24(14-11-22)31-29(35)26(18-20-16-17-36-19-20)32-28(34)23-7-2-1-3-8-23/h1-19H,(H,31,35)(H,32,34)/b15-12+,26-18-. The van der Waals surface area contributed by atoms with Crippen LogP contribution in [0, 0.1) is 5.82 Å². The number of benzene rings is 3. The third-order valence-corrected chi connectivity index (χ3v) is 5.83. The number of anilines is 1. The first-order chi connectivity index (χ1) is 17.5. The molecule has 3 aromatic carbocycles. The number of halogens is 1. The van der Waals surface area contributed by atoms with Crippen molar-refractivity contribution >= 4 is 46.8 Å². The summed E-state index contributed by atoms with van der Waals surface area (Å²) < 4.78 is 13.7. The van der Waals surface area contributed by atoms with Crippen molar-refractivity contribution in [2.24, 2.45) is 0 Å². The van der Waals surface area contributed by atoms with E-state index in [1.54, 1.807) is 78.9 Å². The minimum Gasteiger partial charge on any atom is -0.321 e. The van der Waals surface area contributed by atoms with Crippen LogP contribution >= 0.6 is 11.3 Å². The zero-order valence-corrected chi connectivity index (χ0v) is 19.8. The van der Waals surface area contributed by atoms with Crippen LogP contribution in [0.4, 0.5) is 10.1 Å². The van der Waals surface area contributed by atoms with Crippen LogP contribution in [-0.2, 0) is 4.79 Å². The van der Waals surface area contributed by atoms with Gasteiger partial charge >= 0.3 is 0 Å². The maximum atomic E-state index is 13.7. The van der Waals surface area contributed by atoms with E-state index in [1.165, 1.54) is 29.6 Å². The second-order valence-electron chi connectivity index (χ2n) is 7.69. The molecule has 1 aromatic heterocycles. The average Bonchev–Trinajstić information content (AvgIpc) is 3.42. The number of carbonyl (C=O) groups excluding carboxylic acids is 3. The molecule has 0 atom stereocenters. The van der Waals surface area contributed by atoms with E-state index in [0.29, 0.717) is 22.4 Å². The zero-order valence-electron chi connectivity index (χ0n) is 19.0. The van der Waals surface area contributed by atoms with E-state index >= 15 is 0 Å². The Morgan fingerprint density at radius 3 is 2.22 bits per heavy atom. The lowest BCUT2D eigenvalue weighted by molar-refractivity contribution is -0.113. The summed E-state index contributed by atoms with van der Waals surface area (Å²) >= 11 is 1.47. The Hall–Kier alpha value is -4.62. The number of allylic oxidation sites excluding steroid dienone is 1. The van der Waals surface area contributed by atoms with Crippen molar-refractivity contribution < 1.29 is 18.8 Å². The van der Waals surface area contributed by atoms with Crippen LogP contribution in [0.5, 0.6) is 0 Å². The van der Waals surface area contributed by atoms with Gasteiger partial charge in [0.15, 0.2) is 5.78 Å². The molecule has 0 radical (unpaired) electrons. The largest absolute Gasteiger partial charge is 0.321 e. The Bertz CT molecular complexity index is 1430. The Balaban J connectivity index is 1.46. The van der Waals surface area contributed by atoms with Crippen molar-refractivity contribution in [1.82, 2.24) is 5.32 Å². The van der Waals surface area contributed by atoms with Gasteiger partial charge in [-0.1, -0.05) is 36.4 Å². The summed E-state index contributed by atoms with van der Waals surface area (Å²) in [7, 11) is 0. The zero-order chi connectivity index (χ0) is 25.3. The van der Waals surface area contributed by atoms with Crippen molar-refractivity contribution in [3.63, 3.8) is 0 Å². The van der Waals surface area contributed by atoms with Crippen LogP contribution in [0.25, 0.3) is 12.2 Å². The first kappa shape index (κ1) is 24.5. The second kappa shape index (κ2) is 11.7. The van der Waals surface area contributed by atoms with Crippen LogP contribution in [0.15, 0.2) is 107 Å². The number of ketones is 1. The second-order valence-corrected chi connectivity index (χ2v) is 8.47. The van der Waals surface area contributed by atoms with E-state index < -0.39 is 17.6 Å². The SMILES string of the molecule is O=C(Nc1ccc(C(=O)/C=C/c2ccccc2F)cc1)/C(=C/c1ccsc1)NC(=O)c1ccccc1. The fourth-order valence-corrected chi connectivity index (χ4v) is 3.87. The Labute approximate surface area is 211 Å². The maximum Gasteiger partial charge on any atom is 0.272 e. The number of thiophene rings is 1. The number of hydrogen-bond donors (Lipinski definition) is 2. The summed E-state index contributed by atoms with van der Waals surface area (Å²) in [4.78, 5) is 38.1. The maximum absolute atomic E-state index is 13.7. The Kier molecular flexibility index (Phi) is 7.95. The molecule has 0 aliphatic rings. The third-order valence-electron chi connectivity index (χ3n) is 5.13. The lowest BCUT2D eigenvalue weighted by atomic mass is 10.1. The molecule has 2 N–H and O–H groups in total. The molecular weight excluding hydrogens is 475 g/mol. The van der Waals surface area contributed by atoms with Crippen LogP contribution in [0.2, 0.25) is 0 Å². The minimum absolute atomic E-state index is 0.0789. The van der Waals surface area contributed by atoms with E-state index in [2.05, 4.69) is 10.6 Å². The summed E-state index contributed by atoms with van der Waals surface area (Å²) in [6.45, 7) is 0. The van der Waals surface area contributed by atoms with E-state index in [4.69, 9.17) is 0 Å². The molecule has 0 aliphatic heterocycles. The highest BCUT2D eigenvalue weighted by Gasteiger charge is 2.15. The van der Waals surface area contributed by atoms with Crippen LogP contribution < -0.4 is 10.6 Å². The molecule has 178 valence electrons. The Morgan fingerprint density at radius 2 is 1.53 bits per heavy atom. The van der Waals surface area contributed by atoms with Gasteiger partial charge in [0, 0.05) is 22.4 Å². The highest BCUT2D eigenvalue weighted by atomic mass is 32.1. The fraction of sp³-hybridized carbons (Fsp3) is 0. The van der Waals surface area contributed by atoms with Gasteiger partial charge in [0.2, 0.25) is 0 Å². The molecule has 0 saturated carbocycles. The first-order valence-electron chi connectivity index (χ1n) is 11.0. The molecular formula is C29H21FN2O3S. The van der Waals surface area contributed by atoms with Gasteiger partial charge in [-0.15, -0.1) is 0 Å². The molecule has 4 rings (SSSR count). The molecule has 0 saturated heterocycles. The number of rotatable bonds is 8. The van der Waals surface area contributed by atoms with Crippen molar-refractivity contribution in [2.45, 2.75) is 0 Å². The third kappa shape index (κ3) is 6.49. The van der Waals surface area contributed by atoms with Crippen molar-refractivity contribution in [3.05, 3.63) is 136 Å². The fourth-order valence-electron chi connectivity index (χ4n) is 3.25. The summed E-state index contributed by atoms with van der Waals surface area (Å²) in [5, 5.41) is 9.15. The summed E-state index contributed by atoms with van der Waals surface area (Å²) in [6.07, 6.45) is 4.31. The van der Waals surface area contributed by atoms with Gasteiger partial charge in [0.05, 0.1) is 0 Å². The molecule has 0 spiro atoms. The Morgan fingerprint density at radius 1 is 0.806 bits per heavy atom. The molecule has 0 unspecified atom stereocenters. The molecule has 4 aromatic rings. The normalized spacial score (nSPS) is 11.3. The van der Waals surface area contributed by atoms with Crippen LogP contribution in [-0.4, -0.2) is 17.6 Å². The first-order valence-corrected chi connectivity index (χ1v) is 11.9. The van der Waals surface area contributed by atoms with Gasteiger partial charge in [-0.25, -0.2) is 4.39 Å². The molecule has 2 amide bonds. The number of amides is 2.